The zero-order valence-electron chi connectivity index (χ0n) is 18.8. The summed E-state index contributed by atoms with van der Waals surface area (Å²) >= 11 is 0. The summed E-state index contributed by atoms with van der Waals surface area (Å²) in [6, 6.07) is 14.2. The first-order valence-corrected chi connectivity index (χ1v) is 10.9. The molecule has 9 nitrogen and oxygen atoms in total. The highest BCUT2D eigenvalue weighted by molar-refractivity contribution is 6.02. The Morgan fingerprint density at radius 2 is 2.09 bits per heavy atom. The predicted octanol–water partition coefficient (Wildman–Crippen LogP) is 1.60. The van der Waals surface area contributed by atoms with Crippen molar-refractivity contribution in [2.45, 2.75) is 25.4 Å². The monoisotopic (exact) mass is 459 g/mol. The molecule has 2 heterocycles. The summed E-state index contributed by atoms with van der Waals surface area (Å²) in [5, 5.41) is 15.8. The molecule has 0 aliphatic carbocycles. The van der Waals surface area contributed by atoms with Crippen molar-refractivity contribution in [1.29, 1.82) is 0 Å². The number of amides is 2. The lowest BCUT2D eigenvalue weighted by Crippen LogP contribution is -2.49. The Kier molecular flexibility index (Phi) is 7.20. The lowest BCUT2D eigenvalue weighted by molar-refractivity contribution is -0.120. The van der Waals surface area contributed by atoms with E-state index in [1.54, 1.807) is 23.9 Å². The van der Waals surface area contributed by atoms with Crippen LogP contribution in [0.25, 0.3) is 0 Å². The third-order valence-corrected chi connectivity index (χ3v) is 5.28. The van der Waals surface area contributed by atoms with Gasteiger partial charge in [-0.3, -0.25) is 9.59 Å². The number of nitrogens with zero attached hydrogens (tertiary/aromatic N) is 4. The smallest absolute Gasteiger partial charge is 0.291 e. The lowest BCUT2D eigenvalue weighted by atomic mass is 10.1. The fraction of sp³-hybridized carbons (Fsp3) is 0.280. The number of aliphatic hydroxyl groups is 1. The summed E-state index contributed by atoms with van der Waals surface area (Å²) in [6.07, 6.45) is 2.68. The fourth-order valence-electron chi connectivity index (χ4n) is 3.48. The third kappa shape index (κ3) is 5.42. The van der Waals surface area contributed by atoms with Crippen molar-refractivity contribution in [2.75, 3.05) is 25.2 Å². The van der Waals surface area contributed by atoms with Crippen LogP contribution in [0, 0.1) is 11.8 Å². The molecule has 1 atom stereocenters. The molecule has 0 spiro atoms. The largest absolute Gasteiger partial charge is 0.489 e. The van der Waals surface area contributed by atoms with Crippen LogP contribution < -0.4 is 15.0 Å². The number of hydrogen-bond acceptors (Lipinski definition) is 6. The molecule has 174 valence electrons. The van der Waals surface area contributed by atoms with E-state index < -0.39 is 11.9 Å². The number of aromatic nitrogens is 3. The van der Waals surface area contributed by atoms with Gasteiger partial charge in [0.2, 0.25) is 5.82 Å². The second kappa shape index (κ2) is 10.6. The first-order valence-electron chi connectivity index (χ1n) is 10.9. The number of carbonyl (C=O) groups excluding carboxylic acids is 2. The van der Waals surface area contributed by atoms with Crippen LogP contribution in [0.15, 0.2) is 54.9 Å². The number of ether oxygens (including phenoxy) is 1. The number of hydrogen-bond donors (Lipinski definition) is 2. The molecule has 0 unspecified atom stereocenters. The van der Waals surface area contributed by atoms with E-state index in [2.05, 4.69) is 27.2 Å². The van der Waals surface area contributed by atoms with E-state index >= 15 is 0 Å². The van der Waals surface area contributed by atoms with E-state index in [1.807, 2.05) is 36.4 Å². The number of benzene rings is 2. The van der Waals surface area contributed by atoms with E-state index in [1.165, 1.54) is 11.2 Å². The maximum atomic E-state index is 13.1. The minimum Gasteiger partial charge on any atom is -0.489 e. The summed E-state index contributed by atoms with van der Waals surface area (Å²) in [7, 11) is 1.63. The van der Waals surface area contributed by atoms with Crippen molar-refractivity contribution < 1.29 is 19.4 Å². The Morgan fingerprint density at radius 1 is 1.26 bits per heavy atom. The maximum Gasteiger partial charge on any atom is 0.291 e. The van der Waals surface area contributed by atoms with Gasteiger partial charge in [-0.25, -0.2) is 9.67 Å². The first-order chi connectivity index (χ1) is 16.5. The van der Waals surface area contributed by atoms with Crippen molar-refractivity contribution in [3.8, 4) is 17.6 Å². The van der Waals surface area contributed by atoms with Crippen LogP contribution in [0.2, 0.25) is 0 Å². The van der Waals surface area contributed by atoms with E-state index in [0.717, 1.165) is 11.1 Å². The standard InChI is InChI=1S/C25H25N5O4/c1-29-21-14-18(8-6-3-7-13-31)11-12-22(21)34-16-20(25(29)33)27-24(32)23-26-17-30(28-23)15-19-9-4-2-5-10-19/h2,4-5,9-12,14,17,20,31H,3,7,13,15-16H2,1H3,(H,27,32)/t20-/m0/s1. The van der Waals surface area contributed by atoms with Crippen LogP contribution in [-0.2, 0) is 11.3 Å². The number of rotatable bonds is 6. The van der Waals surface area contributed by atoms with E-state index in [9.17, 15) is 9.59 Å². The lowest BCUT2D eigenvalue weighted by Gasteiger charge is -2.20. The average molecular weight is 460 g/mol. The minimum absolute atomic E-state index is 0.0197. The van der Waals surface area contributed by atoms with E-state index in [-0.39, 0.29) is 24.9 Å². The van der Waals surface area contributed by atoms with Crippen molar-refractivity contribution in [1.82, 2.24) is 20.1 Å². The molecular formula is C25H25N5O4. The van der Waals surface area contributed by atoms with E-state index in [4.69, 9.17) is 9.84 Å². The number of carbonyl (C=O) groups is 2. The number of aliphatic hydroxyl groups excluding tert-OH is 1. The van der Waals surface area contributed by atoms with Crippen molar-refractivity contribution in [2.24, 2.45) is 0 Å². The highest BCUT2D eigenvalue weighted by Gasteiger charge is 2.31. The molecule has 1 aliphatic rings. The molecule has 4 rings (SSSR count). The number of anilines is 1. The molecule has 1 aliphatic heterocycles. The SMILES string of the molecule is CN1C(=O)[C@@H](NC(=O)c2ncn(Cc3ccccc3)n2)COc2ccc(C#CCCCO)cc21. The zero-order valence-corrected chi connectivity index (χ0v) is 18.8. The number of unbranched alkanes of at least 4 members (excludes halogenated alkanes) is 1. The highest BCUT2D eigenvalue weighted by Crippen LogP contribution is 2.31. The van der Waals surface area contributed by atoms with Crippen LogP contribution in [0.4, 0.5) is 5.69 Å². The van der Waals surface area contributed by atoms with Crippen LogP contribution in [0.5, 0.6) is 5.75 Å². The van der Waals surface area contributed by atoms with Gasteiger partial charge in [0, 0.05) is 25.6 Å². The summed E-state index contributed by atoms with van der Waals surface area (Å²) in [4.78, 5) is 31.3. The molecule has 9 heteroatoms. The molecule has 0 saturated carbocycles. The summed E-state index contributed by atoms with van der Waals surface area (Å²) in [5.41, 5.74) is 2.33. The third-order valence-electron chi connectivity index (χ3n) is 5.28. The second-order valence-electron chi connectivity index (χ2n) is 7.80. The molecule has 34 heavy (non-hydrogen) atoms. The Hall–Kier alpha value is -4.16. The highest BCUT2D eigenvalue weighted by atomic mass is 16.5. The van der Waals surface area contributed by atoms with Crippen LogP contribution in [0.1, 0.15) is 34.6 Å². The first kappa shape index (κ1) is 23.0. The topological polar surface area (TPSA) is 110 Å². The fourth-order valence-corrected chi connectivity index (χ4v) is 3.48. The molecule has 0 radical (unpaired) electrons. The number of nitrogens with one attached hydrogen (secondary N) is 1. The van der Waals surface area contributed by atoms with Gasteiger partial charge in [-0.15, -0.1) is 5.10 Å². The summed E-state index contributed by atoms with van der Waals surface area (Å²) in [5.74, 6) is 5.66. The van der Waals surface area contributed by atoms with Crippen LogP contribution in [0.3, 0.4) is 0 Å². The molecule has 2 amide bonds. The molecular weight excluding hydrogens is 434 g/mol. The molecule has 2 N–H and O–H groups in total. The Balaban J connectivity index is 1.43. The van der Waals surface area contributed by atoms with Gasteiger partial charge < -0.3 is 20.1 Å². The van der Waals surface area contributed by atoms with Gasteiger partial charge in [-0.05, 0) is 30.2 Å². The van der Waals surface area contributed by atoms with Crippen LogP contribution in [-0.4, -0.2) is 58.0 Å². The zero-order chi connectivity index (χ0) is 23.9. The van der Waals surface area contributed by atoms with Gasteiger partial charge in [-0.2, -0.15) is 0 Å². The van der Waals surface area contributed by atoms with Gasteiger partial charge in [0.15, 0.2) is 0 Å². The van der Waals surface area contributed by atoms with Gasteiger partial charge >= 0.3 is 0 Å². The van der Waals surface area contributed by atoms with Gasteiger partial charge in [-0.1, -0.05) is 42.2 Å². The predicted molar refractivity (Wildman–Crippen MR) is 125 cm³/mol. The molecule has 3 aromatic rings. The summed E-state index contributed by atoms with van der Waals surface area (Å²) in [6.45, 7) is 0.559. The number of likely N-dealkylation sites (N-methyl/N-ethyl adjacent to an activating group) is 1. The molecule has 0 fully saturated rings. The quantitative estimate of drug-likeness (QED) is 0.428. The number of fused-ring (bicyclic) bond motifs is 1. The molecule has 0 bridgehead atoms. The maximum absolute atomic E-state index is 13.1. The summed E-state index contributed by atoms with van der Waals surface area (Å²) < 4.78 is 7.39. The molecule has 2 aromatic carbocycles. The van der Waals surface area contributed by atoms with E-state index in [0.29, 0.717) is 30.8 Å². The van der Waals surface area contributed by atoms with Crippen molar-refractivity contribution in [3.63, 3.8) is 0 Å². The minimum atomic E-state index is -0.898. The Bertz CT molecular complexity index is 1230. The average Bonchev–Trinajstić information content (AvgIpc) is 3.29. The van der Waals surface area contributed by atoms with Gasteiger partial charge in [0.1, 0.15) is 24.7 Å². The van der Waals surface area contributed by atoms with Crippen LogP contribution >= 0.6 is 0 Å². The van der Waals surface area contributed by atoms with Crippen molar-refractivity contribution in [3.05, 3.63) is 71.8 Å². The molecule has 1 aromatic heterocycles. The van der Waals surface area contributed by atoms with Crippen molar-refractivity contribution >= 4 is 17.5 Å². The Morgan fingerprint density at radius 3 is 2.88 bits per heavy atom. The Labute approximate surface area is 197 Å². The second-order valence-corrected chi connectivity index (χ2v) is 7.80. The van der Waals surface area contributed by atoms with Gasteiger partial charge in [0.05, 0.1) is 12.2 Å². The van der Waals surface area contributed by atoms with Gasteiger partial charge in [0.25, 0.3) is 11.8 Å². The normalized spacial score (nSPS) is 14.9. The molecule has 0 saturated heterocycles.